The molecule has 8 aromatic rings. The molecule has 0 aliphatic heterocycles. The third-order valence-electron chi connectivity index (χ3n) is 8.48. The summed E-state index contributed by atoms with van der Waals surface area (Å²) in [5, 5.41) is 27.3. The number of nitrogens with zero attached hydrogens (tertiary/aromatic N) is 3. The van der Waals surface area contributed by atoms with Crippen LogP contribution in [0.5, 0.6) is 0 Å². The van der Waals surface area contributed by atoms with E-state index in [0.29, 0.717) is 11.1 Å². The van der Waals surface area contributed by atoms with E-state index in [1.54, 1.807) is 0 Å². The van der Waals surface area contributed by atoms with Crippen molar-refractivity contribution in [1.82, 2.24) is 4.57 Å². The first kappa shape index (κ1) is 24.6. The Hall–Kier alpha value is -6.16. The fraction of sp³-hybridized carbons (Fsp3) is 0. The lowest BCUT2D eigenvalue weighted by molar-refractivity contribution is 1.19. The summed E-state index contributed by atoms with van der Waals surface area (Å²) in [6.45, 7) is 0. The van der Waals surface area contributed by atoms with Crippen LogP contribution in [0.3, 0.4) is 0 Å². The van der Waals surface area contributed by atoms with Gasteiger partial charge >= 0.3 is 0 Å². The van der Waals surface area contributed by atoms with Gasteiger partial charge in [-0.3, -0.25) is 0 Å². The number of rotatable bonds is 3. The van der Waals surface area contributed by atoms with E-state index in [1.165, 1.54) is 32.3 Å². The first-order valence-corrected chi connectivity index (χ1v) is 14.2. The number of para-hydroxylation sites is 1. The van der Waals surface area contributed by atoms with Crippen molar-refractivity contribution in [2.24, 2.45) is 0 Å². The number of aromatic nitrogens is 1. The first-order valence-electron chi connectivity index (χ1n) is 14.2. The molecule has 3 nitrogen and oxygen atoms in total. The highest BCUT2D eigenvalue weighted by Crippen LogP contribution is 2.44. The highest BCUT2D eigenvalue weighted by molar-refractivity contribution is 6.32. The van der Waals surface area contributed by atoms with E-state index in [1.807, 2.05) is 48.5 Å². The van der Waals surface area contributed by atoms with Crippen LogP contribution in [0.4, 0.5) is 0 Å². The Morgan fingerprint density at radius 2 is 0.977 bits per heavy atom. The minimum atomic E-state index is 0.602. The van der Waals surface area contributed by atoms with Crippen LogP contribution in [0.1, 0.15) is 11.1 Å². The monoisotopic (exact) mass is 545 g/mol. The van der Waals surface area contributed by atoms with Crippen molar-refractivity contribution in [2.75, 3.05) is 0 Å². The highest BCUT2D eigenvalue weighted by Gasteiger charge is 2.22. The van der Waals surface area contributed by atoms with Crippen molar-refractivity contribution < 1.29 is 0 Å². The maximum Gasteiger partial charge on any atom is 0.0998 e. The summed E-state index contributed by atoms with van der Waals surface area (Å²) in [7, 11) is 0. The smallest absolute Gasteiger partial charge is 0.0998 e. The lowest BCUT2D eigenvalue weighted by Crippen LogP contribution is -2.00. The lowest BCUT2D eigenvalue weighted by atomic mass is 9.92. The average Bonchev–Trinajstić information content (AvgIpc) is 3.43. The van der Waals surface area contributed by atoms with Gasteiger partial charge in [-0.1, -0.05) is 109 Å². The minimum Gasteiger partial charge on any atom is -0.308 e. The predicted octanol–water partition coefficient (Wildman–Crippen LogP) is 10.2. The van der Waals surface area contributed by atoms with Gasteiger partial charge in [0.2, 0.25) is 0 Å². The Labute approximate surface area is 248 Å². The van der Waals surface area contributed by atoms with E-state index in [9.17, 15) is 10.5 Å². The van der Waals surface area contributed by atoms with Crippen LogP contribution >= 0.6 is 0 Å². The zero-order valence-corrected chi connectivity index (χ0v) is 23.1. The number of hydrogen-bond acceptors (Lipinski definition) is 2. The van der Waals surface area contributed by atoms with Gasteiger partial charge in [0.1, 0.15) is 0 Å². The standard InChI is InChI=1S/C40H23N3/c41-24-27-11-1-3-13-29(27)26-21-22-38(36(23-26)30-14-4-2-12-28(30)25-42)43-37-20-10-9-19-35(37)39-33-17-7-5-15-31(33)32-16-6-8-18-34(32)40(39)43/h1-23H. The van der Waals surface area contributed by atoms with Crippen LogP contribution in [0.15, 0.2) is 140 Å². The molecule has 0 N–H and O–H groups in total. The van der Waals surface area contributed by atoms with E-state index in [0.717, 1.165) is 39.0 Å². The van der Waals surface area contributed by atoms with Gasteiger partial charge in [-0.25, -0.2) is 0 Å². The molecule has 0 saturated carbocycles. The van der Waals surface area contributed by atoms with Crippen molar-refractivity contribution in [3.8, 4) is 40.1 Å². The van der Waals surface area contributed by atoms with Gasteiger partial charge in [0.05, 0.1) is 40.0 Å². The van der Waals surface area contributed by atoms with E-state index in [4.69, 9.17) is 0 Å². The molecule has 0 bridgehead atoms. The molecule has 0 fully saturated rings. The van der Waals surface area contributed by atoms with Crippen molar-refractivity contribution in [1.29, 1.82) is 10.5 Å². The normalized spacial score (nSPS) is 11.2. The first-order chi connectivity index (χ1) is 21.3. The molecular formula is C40H23N3. The zero-order chi connectivity index (χ0) is 28.9. The van der Waals surface area contributed by atoms with Gasteiger partial charge in [-0.05, 0) is 57.6 Å². The number of hydrogen-bond donors (Lipinski definition) is 0. The van der Waals surface area contributed by atoms with Gasteiger partial charge in [0.15, 0.2) is 0 Å². The molecule has 0 radical (unpaired) electrons. The average molecular weight is 546 g/mol. The molecule has 7 aromatic carbocycles. The molecule has 0 aliphatic rings. The number of nitriles is 2. The molecular weight excluding hydrogens is 522 g/mol. The predicted molar refractivity (Wildman–Crippen MR) is 176 cm³/mol. The molecule has 43 heavy (non-hydrogen) atoms. The summed E-state index contributed by atoms with van der Waals surface area (Å²) in [5.41, 5.74) is 8.01. The zero-order valence-electron chi connectivity index (χ0n) is 23.1. The second kappa shape index (κ2) is 9.74. The van der Waals surface area contributed by atoms with Crippen LogP contribution in [0.25, 0.3) is 71.3 Å². The van der Waals surface area contributed by atoms with Gasteiger partial charge in [0, 0.05) is 27.3 Å². The van der Waals surface area contributed by atoms with Gasteiger partial charge in [0.25, 0.3) is 0 Å². The fourth-order valence-electron chi connectivity index (χ4n) is 6.64. The summed E-state index contributed by atoms with van der Waals surface area (Å²) in [5.74, 6) is 0. The summed E-state index contributed by atoms with van der Waals surface area (Å²) in [6, 6.07) is 52.4. The maximum atomic E-state index is 10.2. The SMILES string of the molecule is N#Cc1ccccc1-c1ccc(-n2c3ccccc3c3c4ccccc4c4ccccc4c32)c(-c2ccccc2C#N)c1. The molecule has 0 amide bonds. The van der Waals surface area contributed by atoms with Crippen molar-refractivity contribution in [2.45, 2.75) is 0 Å². The second-order valence-electron chi connectivity index (χ2n) is 10.7. The second-order valence-corrected chi connectivity index (χ2v) is 10.7. The molecule has 0 saturated heterocycles. The molecule has 1 heterocycles. The van der Waals surface area contributed by atoms with Crippen LogP contribution < -0.4 is 0 Å². The summed E-state index contributed by atoms with van der Waals surface area (Å²) in [6.07, 6.45) is 0. The molecule has 198 valence electrons. The van der Waals surface area contributed by atoms with Crippen LogP contribution in [0.2, 0.25) is 0 Å². The Balaban J connectivity index is 1.58. The van der Waals surface area contributed by atoms with Gasteiger partial charge < -0.3 is 4.57 Å². The Bertz CT molecular complexity index is 2480. The van der Waals surface area contributed by atoms with Crippen molar-refractivity contribution >= 4 is 43.4 Å². The summed E-state index contributed by atoms with van der Waals surface area (Å²) in [4.78, 5) is 0. The summed E-state index contributed by atoms with van der Waals surface area (Å²) < 4.78 is 2.36. The van der Waals surface area contributed by atoms with Gasteiger partial charge in [-0.15, -0.1) is 0 Å². The molecule has 3 heteroatoms. The third-order valence-corrected chi connectivity index (χ3v) is 8.48. The quantitative estimate of drug-likeness (QED) is 0.207. The minimum absolute atomic E-state index is 0.602. The van der Waals surface area contributed by atoms with Gasteiger partial charge in [-0.2, -0.15) is 10.5 Å². The van der Waals surface area contributed by atoms with E-state index < -0.39 is 0 Å². The van der Waals surface area contributed by atoms with Crippen molar-refractivity contribution in [3.63, 3.8) is 0 Å². The fourth-order valence-corrected chi connectivity index (χ4v) is 6.64. The molecule has 0 atom stereocenters. The summed E-state index contributed by atoms with van der Waals surface area (Å²) >= 11 is 0. The van der Waals surface area contributed by atoms with E-state index in [-0.39, 0.29) is 0 Å². The van der Waals surface area contributed by atoms with Crippen molar-refractivity contribution in [3.05, 3.63) is 151 Å². The number of benzene rings is 7. The topological polar surface area (TPSA) is 52.5 Å². The van der Waals surface area contributed by atoms with Crippen LogP contribution in [-0.2, 0) is 0 Å². The Morgan fingerprint density at radius 3 is 1.70 bits per heavy atom. The Morgan fingerprint density at radius 1 is 0.442 bits per heavy atom. The molecule has 8 rings (SSSR count). The number of fused-ring (bicyclic) bond motifs is 8. The maximum absolute atomic E-state index is 10.2. The Kier molecular flexibility index (Phi) is 5.58. The molecule has 1 aromatic heterocycles. The lowest BCUT2D eigenvalue weighted by Gasteiger charge is -2.18. The molecule has 0 spiro atoms. The third kappa shape index (κ3) is 3.66. The largest absolute Gasteiger partial charge is 0.308 e. The highest BCUT2D eigenvalue weighted by atomic mass is 15.0. The molecule has 0 aliphatic carbocycles. The molecule has 0 unspecified atom stereocenters. The van der Waals surface area contributed by atoms with Crippen LogP contribution in [0, 0.1) is 22.7 Å². The van der Waals surface area contributed by atoms with Crippen LogP contribution in [-0.4, -0.2) is 4.57 Å². The van der Waals surface area contributed by atoms with E-state index >= 15 is 0 Å². The van der Waals surface area contributed by atoms with E-state index in [2.05, 4.69) is 108 Å².